The molecule has 3 aromatic rings. The van der Waals surface area contributed by atoms with Crippen molar-refractivity contribution in [2.24, 2.45) is 0 Å². The van der Waals surface area contributed by atoms with Gasteiger partial charge in [-0.25, -0.2) is 0 Å². The van der Waals surface area contributed by atoms with E-state index >= 15 is 0 Å². The van der Waals surface area contributed by atoms with E-state index in [1.165, 1.54) is 0 Å². The molecule has 8 heteroatoms. The lowest BCUT2D eigenvalue weighted by Crippen LogP contribution is -2.28. The molecule has 1 saturated heterocycles. The summed E-state index contributed by atoms with van der Waals surface area (Å²) in [6, 6.07) is 9.32. The Morgan fingerprint density at radius 3 is 2.85 bits per heavy atom. The highest BCUT2D eigenvalue weighted by atomic mass is 16.5. The van der Waals surface area contributed by atoms with Crippen LogP contribution in [0.25, 0.3) is 11.3 Å². The van der Waals surface area contributed by atoms with Crippen molar-refractivity contribution in [3.63, 3.8) is 0 Å². The molecule has 0 saturated carbocycles. The third-order valence-electron chi connectivity index (χ3n) is 4.56. The first-order valence-electron chi connectivity index (χ1n) is 8.43. The van der Waals surface area contributed by atoms with E-state index in [1.54, 1.807) is 25.0 Å². The van der Waals surface area contributed by atoms with Gasteiger partial charge in [0.05, 0.1) is 18.7 Å². The topological polar surface area (TPSA) is 97.1 Å². The fourth-order valence-electron chi connectivity index (χ4n) is 3.14. The molecule has 0 bridgehead atoms. The molecule has 1 N–H and O–H groups in total. The maximum Gasteiger partial charge on any atom is 0.271 e. The van der Waals surface area contributed by atoms with Gasteiger partial charge in [0.25, 0.3) is 5.91 Å². The van der Waals surface area contributed by atoms with E-state index in [2.05, 4.69) is 20.3 Å². The van der Waals surface area contributed by atoms with Gasteiger partial charge in [0.15, 0.2) is 5.82 Å². The number of hydrogen-bond acceptors (Lipinski definition) is 6. The van der Waals surface area contributed by atoms with Crippen LogP contribution in [0.5, 0.6) is 5.75 Å². The van der Waals surface area contributed by atoms with Crippen LogP contribution >= 0.6 is 0 Å². The highest BCUT2D eigenvalue weighted by Gasteiger charge is 2.32. The number of carbonyl (C=O) groups excluding carboxylic acids is 1. The zero-order valence-electron chi connectivity index (χ0n) is 14.6. The number of nitrogens with zero attached hydrogens (tertiary/aromatic N) is 4. The number of rotatable bonds is 4. The van der Waals surface area contributed by atoms with E-state index < -0.39 is 0 Å². The zero-order valence-corrected chi connectivity index (χ0v) is 14.6. The highest BCUT2D eigenvalue weighted by molar-refractivity contribution is 5.93. The van der Waals surface area contributed by atoms with Crippen LogP contribution in [0, 0.1) is 6.92 Å². The molecule has 2 aromatic heterocycles. The Kier molecular flexibility index (Phi) is 4.16. The Hall–Kier alpha value is -3.16. The third kappa shape index (κ3) is 3.05. The van der Waals surface area contributed by atoms with Crippen molar-refractivity contribution in [3.05, 3.63) is 47.7 Å². The summed E-state index contributed by atoms with van der Waals surface area (Å²) in [7, 11) is 1.62. The predicted molar refractivity (Wildman–Crippen MR) is 92.9 cm³/mol. The molecule has 1 aliphatic heterocycles. The maximum absolute atomic E-state index is 12.7. The fraction of sp³-hybridized carbons (Fsp3) is 0.333. The van der Waals surface area contributed by atoms with Gasteiger partial charge in [0.1, 0.15) is 11.4 Å². The van der Waals surface area contributed by atoms with Gasteiger partial charge in [-0.3, -0.25) is 9.89 Å². The number of aryl methyl sites for hydroxylation is 1. The fourth-order valence-corrected chi connectivity index (χ4v) is 3.14. The number of aromatic amines is 1. The van der Waals surface area contributed by atoms with Crippen LogP contribution in [0.1, 0.15) is 34.5 Å². The first-order valence-corrected chi connectivity index (χ1v) is 8.43. The Morgan fingerprint density at radius 1 is 1.35 bits per heavy atom. The van der Waals surface area contributed by atoms with Crippen LogP contribution in [-0.4, -0.2) is 51.3 Å². The average molecular weight is 353 g/mol. The molecule has 4 rings (SSSR count). The second-order valence-corrected chi connectivity index (χ2v) is 6.31. The Balaban J connectivity index is 1.46. The number of methoxy groups -OCH3 is 1. The van der Waals surface area contributed by atoms with E-state index in [-0.39, 0.29) is 11.8 Å². The molecule has 26 heavy (non-hydrogen) atoms. The van der Waals surface area contributed by atoms with Crippen LogP contribution in [0.3, 0.4) is 0 Å². The molecule has 1 fully saturated rings. The normalized spacial score (nSPS) is 16.8. The van der Waals surface area contributed by atoms with Gasteiger partial charge in [0.2, 0.25) is 5.89 Å². The van der Waals surface area contributed by atoms with Crippen molar-refractivity contribution in [2.75, 3.05) is 20.2 Å². The summed E-state index contributed by atoms with van der Waals surface area (Å²) >= 11 is 0. The smallest absolute Gasteiger partial charge is 0.271 e. The minimum absolute atomic E-state index is 0.0731. The van der Waals surface area contributed by atoms with Gasteiger partial charge in [-0.05, 0) is 43.7 Å². The number of likely N-dealkylation sites (tertiary alicyclic amines) is 1. The second kappa shape index (κ2) is 6.62. The third-order valence-corrected chi connectivity index (χ3v) is 4.56. The van der Waals surface area contributed by atoms with Crippen LogP contribution in [0.2, 0.25) is 0 Å². The lowest BCUT2D eigenvalue weighted by atomic mass is 10.1. The number of hydrogen-bond donors (Lipinski definition) is 1. The zero-order chi connectivity index (χ0) is 18.1. The molecule has 1 aliphatic rings. The Labute approximate surface area is 150 Å². The molecule has 134 valence electrons. The van der Waals surface area contributed by atoms with E-state index in [0.717, 1.165) is 23.4 Å². The van der Waals surface area contributed by atoms with Gasteiger partial charge in [-0.15, -0.1) is 0 Å². The summed E-state index contributed by atoms with van der Waals surface area (Å²) in [5.74, 6) is 2.00. The maximum atomic E-state index is 12.7. The van der Waals surface area contributed by atoms with Crippen molar-refractivity contribution < 1.29 is 14.1 Å². The Morgan fingerprint density at radius 2 is 2.15 bits per heavy atom. The minimum atomic E-state index is -0.0731. The number of carbonyl (C=O) groups is 1. The molecule has 1 aromatic carbocycles. The largest absolute Gasteiger partial charge is 0.497 e. The average Bonchev–Trinajstić information content (AvgIpc) is 3.41. The quantitative estimate of drug-likeness (QED) is 0.773. The van der Waals surface area contributed by atoms with E-state index in [4.69, 9.17) is 9.26 Å². The molecule has 1 amide bonds. The molecule has 3 heterocycles. The summed E-state index contributed by atoms with van der Waals surface area (Å²) in [6.07, 6.45) is 0.812. The van der Waals surface area contributed by atoms with Gasteiger partial charge in [0, 0.05) is 18.7 Å². The molecule has 0 spiro atoms. The number of H-pyrrole nitrogens is 1. The van der Waals surface area contributed by atoms with Gasteiger partial charge in [-0.1, -0.05) is 5.16 Å². The van der Waals surface area contributed by atoms with Crippen LogP contribution < -0.4 is 4.74 Å². The lowest BCUT2D eigenvalue weighted by Gasteiger charge is -2.14. The summed E-state index contributed by atoms with van der Waals surface area (Å²) in [5.41, 5.74) is 2.11. The van der Waals surface area contributed by atoms with Gasteiger partial charge < -0.3 is 14.2 Å². The summed E-state index contributed by atoms with van der Waals surface area (Å²) in [4.78, 5) is 18.8. The van der Waals surface area contributed by atoms with E-state index in [0.29, 0.717) is 30.5 Å². The van der Waals surface area contributed by atoms with Crippen molar-refractivity contribution >= 4 is 5.91 Å². The van der Waals surface area contributed by atoms with Crippen LogP contribution in [-0.2, 0) is 0 Å². The molecule has 1 atom stereocenters. The lowest BCUT2D eigenvalue weighted by molar-refractivity contribution is 0.0783. The Bertz CT molecular complexity index is 915. The van der Waals surface area contributed by atoms with Gasteiger partial charge >= 0.3 is 0 Å². The number of nitrogens with one attached hydrogen (secondary N) is 1. The summed E-state index contributed by atoms with van der Waals surface area (Å²) in [5, 5.41) is 10.9. The van der Waals surface area contributed by atoms with E-state index in [9.17, 15) is 4.79 Å². The van der Waals surface area contributed by atoms with E-state index in [1.807, 2.05) is 24.3 Å². The van der Waals surface area contributed by atoms with Crippen LogP contribution in [0.15, 0.2) is 34.9 Å². The number of amides is 1. The summed E-state index contributed by atoms with van der Waals surface area (Å²) < 4.78 is 10.4. The van der Waals surface area contributed by atoms with Gasteiger partial charge in [-0.2, -0.15) is 10.1 Å². The van der Waals surface area contributed by atoms with Crippen molar-refractivity contribution in [1.29, 1.82) is 0 Å². The predicted octanol–water partition coefficient (Wildman–Crippen LogP) is 2.41. The van der Waals surface area contributed by atoms with Crippen molar-refractivity contribution in [1.82, 2.24) is 25.2 Å². The molecule has 0 radical (unpaired) electrons. The first-order chi connectivity index (χ1) is 12.6. The molecule has 0 unspecified atom stereocenters. The second-order valence-electron chi connectivity index (χ2n) is 6.31. The SMILES string of the molecule is COc1ccc(-c2cc(C(=O)N3CC[C@H](c4nc(C)no4)C3)[nH]n2)cc1. The molecule has 8 nitrogen and oxygen atoms in total. The number of benzene rings is 1. The number of ether oxygens (including phenoxy) is 1. The van der Waals surface area contributed by atoms with Crippen molar-refractivity contribution in [3.8, 4) is 17.0 Å². The number of aromatic nitrogens is 4. The minimum Gasteiger partial charge on any atom is -0.497 e. The van der Waals surface area contributed by atoms with Crippen molar-refractivity contribution in [2.45, 2.75) is 19.3 Å². The molecular weight excluding hydrogens is 334 g/mol. The standard InChI is InChI=1S/C18H19N5O3/c1-11-19-17(26-22-11)13-7-8-23(10-13)18(24)16-9-15(20-21-16)12-3-5-14(25-2)6-4-12/h3-6,9,13H,7-8,10H2,1-2H3,(H,20,21)/t13-/m0/s1. The summed E-state index contributed by atoms with van der Waals surface area (Å²) in [6.45, 7) is 3.01. The first kappa shape index (κ1) is 16.3. The molecule has 0 aliphatic carbocycles. The molecular formula is C18H19N5O3. The highest BCUT2D eigenvalue weighted by Crippen LogP contribution is 2.27. The van der Waals surface area contributed by atoms with Crippen LogP contribution in [0.4, 0.5) is 0 Å². The monoisotopic (exact) mass is 353 g/mol.